The average molecular weight is 125 g/mol. The van der Waals surface area contributed by atoms with Crippen LogP contribution in [0.25, 0.3) is 0 Å². The van der Waals surface area contributed by atoms with E-state index in [-0.39, 0.29) is 0 Å². The Morgan fingerprint density at radius 3 is 2.67 bits per heavy atom. The molecule has 0 amide bonds. The van der Waals surface area contributed by atoms with Crippen LogP contribution in [0.4, 0.5) is 0 Å². The van der Waals surface area contributed by atoms with Gasteiger partial charge in [-0.15, -0.1) is 0 Å². The van der Waals surface area contributed by atoms with Gasteiger partial charge < -0.3 is 0 Å². The van der Waals surface area contributed by atoms with Gasteiger partial charge in [0.15, 0.2) is 0 Å². The van der Waals surface area contributed by atoms with E-state index in [2.05, 4.69) is 13.8 Å². The van der Waals surface area contributed by atoms with Crippen LogP contribution in [-0.4, -0.2) is 0 Å². The van der Waals surface area contributed by atoms with Gasteiger partial charge in [-0.2, -0.15) is 0 Å². The molecule has 0 heteroatoms. The summed E-state index contributed by atoms with van der Waals surface area (Å²) >= 11 is 0. The molecule has 1 unspecified atom stereocenters. The van der Waals surface area contributed by atoms with Crippen LogP contribution in [0.5, 0.6) is 0 Å². The van der Waals surface area contributed by atoms with Gasteiger partial charge in [-0.3, -0.25) is 0 Å². The first kappa shape index (κ1) is 7.11. The second-order valence-corrected chi connectivity index (χ2v) is 3.10. The van der Waals surface area contributed by atoms with Crippen molar-refractivity contribution < 1.29 is 0 Å². The van der Waals surface area contributed by atoms with Crippen LogP contribution in [0.15, 0.2) is 0 Å². The fourth-order valence-electron chi connectivity index (χ4n) is 1.54. The van der Waals surface area contributed by atoms with Crippen LogP contribution in [0.3, 0.4) is 0 Å². The third-order valence-electron chi connectivity index (χ3n) is 2.13. The first-order valence-corrected chi connectivity index (χ1v) is 4.23. The SMILES string of the molecule is CCC[C]1CC1CCC. The number of rotatable bonds is 4. The molecule has 1 saturated carbocycles. The maximum atomic E-state index is 2.28. The van der Waals surface area contributed by atoms with Crippen molar-refractivity contribution in [2.75, 3.05) is 0 Å². The highest BCUT2D eigenvalue weighted by Crippen LogP contribution is 2.47. The van der Waals surface area contributed by atoms with Gasteiger partial charge in [-0.05, 0) is 24.7 Å². The van der Waals surface area contributed by atoms with Crippen LogP contribution in [-0.2, 0) is 0 Å². The molecule has 1 atom stereocenters. The zero-order chi connectivity index (χ0) is 6.69. The summed E-state index contributed by atoms with van der Waals surface area (Å²) in [4.78, 5) is 0. The Labute approximate surface area is 58.7 Å². The minimum Gasteiger partial charge on any atom is -0.0654 e. The molecule has 1 rings (SSSR count). The lowest BCUT2D eigenvalue weighted by molar-refractivity contribution is 0.695. The molecule has 0 nitrogen and oxygen atoms in total. The number of hydrogen-bond acceptors (Lipinski definition) is 0. The minimum atomic E-state index is 1.05. The van der Waals surface area contributed by atoms with Crippen molar-refractivity contribution in [3.8, 4) is 0 Å². The number of hydrogen-bond donors (Lipinski definition) is 0. The Bertz CT molecular complexity index is 66.1. The summed E-state index contributed by atoms with van der Waals surface area (Å²) in [7, 11) is 0. The van der Waals surface area contributed by atoms with Gasteiger partial charge in [-0.25, -0.2) is 0 Å². The third kappa shape index (κ3) is 2.00. The smallest absolute Gasteiger partial charge is 0.0207 e. The molecule has 0 aliphatic heterocycles. The van der Waals surface area contributed by atoms with E-state index in [1.807, 2.05) is 5.92 Å². The summed E-state index contributed by atoms with van der Waals surface area (Å²) in [5, 5.41) is 0. The molecule has 0 heterocycles. The van der Waals surface area contributed by atoms with E-state index in [9.17, 15) is 0 Å². The largest absolute Gasteiger partial charge is 0.0654 e. The molecule has 1 radical (unpaired) electrons. The van der Waals surface area contributed by atoms with E-state index in [0.717, 1.165) is 5.92 Å². The fraction of sp³-hybridized carbons (Fsp3) is 0.889. The fourth-order valence-corrected chi connectivity index (χ4v) is 1.54. The van der Waals surface area contributed by atoms with Crippen LogP contribution >= 0.6 is 0 Å². The molecular formula is C9H17. The highest BCUT2D eigenvalue weighted by molar-refractivity contribution is 5.12. The molecule has 1 fully saturated rings. The zero-order valence-corrected chi connectivity index (χ0v) is 6.61. The minimum absolute atomic E-state index is 1.05. The lowest BCUT2D eigenvalue weighted by Gasteiger charge is -1.92. The Morgan fingerprint density at radius 1 is 1.33 bits per heavy atom. The standard InChI is InChI=1S/C9H17/c1-3-5-8-7-9(8)6-4-2/h8H,3-7H2,1-2H3. The molecule has 0 aromatic rings. The summed E-state index contributed by atoms with van der Waals surface area (Å²) < 4.78 is 0. The molecule has 0 aromatic carbocycles. The summed E-state index contributed by atoms with van der Waals surface area (Å²) in [6.07, 6.45) is 7.05. The lowest BCUT2D eigenvalue weighted by Crippen LogP contribution is -1.78. The van der Waals surface area contributed by atoms with Crippen molar-refractivity contribution in [2.45, 2.75) is 46.0 Å². The Balaban J connectivity index is 1.96. The molecule has 53 valence electrons. The van der Waals surface area contributed by atoms with E-state index in [1.165, 1.54) is 32.1 Å². The van der Waals surface area contributed by atoms with Crippen molar-refractivity contribution >= 4 is 0 Å². The highest BCUT2D eigenvalue weighted by Gasteiger charge is 2.34. The summed E-state index contributed by atoms with van der Waals surface area (Å²) in [6.45, 7) is 4.55. The molecule has 9 heavy (non-hydrogen) atoms. The van der Waals surface area contributed by atoms with Gasteiger partial charge in [0.1, 0.15) is 0 Å². The maximum Gasteiger partial charge on any atom is -0.0207 e. The van der Waals surface area contributed by atoms with E-state index in [1.54, 1.807) is 0 Å². The third-order valence-corrected chi connectivity index (χ3v) is 2.13. The molecule has 0 bridgehead atoms. The van der Waals surface area contributed by atoms with Gasteiger partial charge in [0, 0.05) is 0 Å². The van der Waals surface area contributed by atoms with Crippen LogP contribution < -0.4 is 0 Å². The van der Waals surface area contributed by atoms with Gasteiger partial charge in [0.2, 0.25) is 0 Å². The molecular weight excluding hydrogens is 108 g/mol. The second kappa shape index (κ2) is 3.24. The van der Waals surface area contributed by atoms with E-state index < -0.39 is 0 Å². The first-order chi connectivity index (χ1) is 4.38. The predicted octanol–water partition coefficient (Wildman–Crippen LogP) is 3.18. The van der Waals surface area contributed by atoms with Gasteiger partial charge in [0.05, 0.1) is 0 Å². The molecule has 0 spiro atoms. The quantitative estimate of drug-likeness (QED) is 0.541. The van der Waals surface area contributed by atoms with E-state index in [4.69, 9.17) is 0 Å². The van der Waals surface area contributed by atoms with Crippen molar-refractivity contribution in [1.29, 1.82) is 0 Å². The highest BCUT2D eigenvalue weighted by atomic mass is 14.4. The lowest BCUT2D eigenvalue weighted by atomic mass is 10.1. The Kier molecular flexibility index (Phi) is 2.56. The molecule has 1 aliphatic carbocycles. The van der Waals surface area contributed by atoms with Crippen LogP contribution in [0.1, 0.15) is 46.0 Å². The van der Waals surface area contributed by atoms with Crippen molar-refractivity contribution in [2.24, 2.45) is 5.92 Å². The maximum absolute atomic E-state index is 2.28. The summed E-state index contributed by atoms with van der Waals surface area (Å²) in [6, 6.07) is 0. The molecule has 0 saturated heterocycles. The van der Waals surface area contributed by atoms with Crippen LogP contribution in [0.2, 0.25) is 0 Å². The molecule has 0 aromatic heterocycles. The summed E-state index contributed by atoms with van der Waals surface area (Å²) in [5.41, 5.74) is 0. The normalized spacial score (nSPS) is 26.7. The van der Waals surface area contributed by atoms with Crippen LogP contribution in [0, 0.1) is 11.8 Å². The Morgan fingerprint density at radius 2 is 2.11 bits per heavy atom. The topological polar surface area (TPSA) is 0 Å². The van der Waals surface area contributed by atoms with E-state index >= 15 is 0 Å². The van der Waals surface area contributed by atoms with Crippen molar-refractivity contribution in [3.05, 3.63) is 5.92 Å². The summed E-state index contributed by atoms with van der Waals surface area (Å²) in [5.74, 6) is 2.90. The Hall–Kier alpha value is 0. The van der Waals surface area contributed by atoms with Crippen molar-refractivity contribution in [3.63, 3.8) is 0 Å². The van der Waals surface area contributed by atoms with E-state index in [0.29, 0.717) is 0 Å². The van der Waals surface area contributed by atoms with Gasteiger partial charge >= 0.3 is 0 Å². The average Bonchev–Trinajstić information content (AvgIpc) is 2.50. The van der Waals surface area contributed by atoms with Gasteiger partial charge in [0.25, 0.3) is 0 Å². The molecule has 0 N–H and O–H groups in total. The first-order valence-electron chi connectivity index (χ1n) is 4.23. The second-order valence-electron chi connectivity index (χ2n) is 3.10. The zero-order valence-electron chi connectivity index (χ0n) is 6.61. The molecule has 1 aliphatic rings. The van der Waals surface area contributed by atoms with Gasteiger partial charge in [-0.1, -0.05) is 33.1 Å². The monoisotopic (exact) mass is 125 g/mol. The predicted molar refractivity (Wildman–Crippen MR) is 41.2 cm³/mol. The van der Waals surface area contributed by atoms with Crippen molar-refractivity contribution in [1.82, 2.24) is 0 Å².